The van der Waals surface area contributed by atoms with Crippen molar-refractivity contribution in [2.24, 2.45) is 0 Å². The number of anilines is 1. The SMILES string of the molecule is COc1cc(CN(C)c2ccnc(C)n2)cc(OC)c1. The second kappa shape index (κ2) is 6.23. The van der Waals surface area contributed by atoms with E-state index in [0.717, 1.165) is 28.7 Å². The summed E-state index contributed by atoms with van der Waals surface area (Å²) in [5, 5.41) is 0. The normalized spacial score (nSPS) is 10.2. The number of benzene rings is 1. The summed E-state index contributed by atoms with van der Waals surface area (Å²) >= 11 is 0. The molecule has 5 heteroatoms. The van der Waals surface area contributed by atoms with Crippen LogP contribution in [0.25, 0.3) is 0 Å². The molecule has 1 aromatic heterocycles. The number of methoxy groups -OCH3 is 2. The minimum absolute atomic E-state index is 0.712. The lowest BCUT2D eigenvalue weighted by Gasteiger charge is -2.19. The van der Waals surface area contributed by atoms with Gasteiger partial charge in [0, 0.05) is 25.9 Å². The summed E-state index contributed by atoms with van der Waals surface area (Å²) in [5.41, 5.74) is 1.10. The van der Waals surface area contributed by atoms with E-state index >= 15 is 0 Å². The van der Waals surface area contributed by atoms with Crippen LogP contribution in [0.4, 0.5) is 5.82 Å². The van der Waals surface area contributed by atoms with Crippen LogP contribution in [0.2, 0.25) is 0 Å². The van der Waals surface area contributed by atoms with E-state index in [1.807, 2.05) is 38.2 Å². The van der Waals surface area contributed by atoms with Crippen molar-refractivity contribution in [2.75, 3.05) is 26.2 Å². The van der Waals surface area contributed by atoms with E-state index < -0.39 is 0 Å². The molecule has 2 rings (SSSR count). The predicted octanol–water partition coefficient (Wildman–Crippen LogP) is 2.44. The van der Waals surface area contributed by atoms with E-state index in [4.69, 9.17) is 9.47 Å². The zero-order valence-corrected chi connectivity index (χ0v) is 12.3. The summed E-state index contributed by atoms with van der Waals surface area (Å²) in [5.74, 6) is 3.22. The molecular formula is C15H19N3O2. The predicted molar refractivity (Wildman–Crippen MR) is 78.4 cm³/mol. The fraction of sp³-hybridized carbons (Fsp3) is 0.333. The van der Waals surface area contributed by atoms with Gasteiger partial charge >= 0.3 is 0 Å². The first kappa shape index (κ1) is 14.1. The van der Waals surface area contributed by atoms with Crippen molar-refractivity contribution in [3.05, 3.63) is 41.9 Å². The Morgan fingerprint density at radius 2 is 1.75 bits per heavy atom. The first-order chi connectivity index (χ1) is 9.62. The maximum absolute atomic E-state index is 5.28. The van der Waals surface area contributed by atoms with E-state index in [-0.39, 0.29) is 0 Å². The van der Waals surface area contributed by atoms with Gasteiger partial charge in [0.05, 0.1) is 14.2 Å². The Kier molecular flexibility index (Phi) is 4.40. The lowest BCUT2D eigenvalue weighted by molar-refractivity contribution is 0.393. The first-order valence-electron chi connectivity index (χ1n) is 6.35. The van der Waals surface area contributed by atoms with Gasteiger partial charge in [-0.1, -0.05) is 0 Å². The lowest BCUT2D eigenvalue weighted by atomic mass is 10.2. The summed E-state index contributed by atoms with van der Waals surface area (Å²) in [4.78, 5) is 10.6. The molecule has 0 radical (unpaired) electrons. The van der Waals surface area contributed by atoms with Crippen LogP contribution in [0.5, 0.6) is 11.5 Å². The molecule has 106 valence electrons. The number of nitrogens with zero attached hydrogens (tertiary/aromatic N) is 3. The Bertz CT molecular complexity index is 565. The summed E-state index contributed by atoms with van der Waals surface area (Å²) in [6.45, 7) is 2.59. The van der Waals surface area contributed by atoms with E-state index in [2.05, 4.69) is 14.9 Å². The number of aryl methyl sites for hydroxylation is 1. The molecule has 5 nitrogen and oxygen atoms in total. The highest BCUT2D eigenvalue weighted by atomic mass is 16.5. The summed E-state index contributed by atoms with van der Waals surface area (Å²) < 4.78 is 10.6. The van der Waals surface area contributed by atoms with Gasteiger partial charge in [-0.25, -0.2) is 9.97 Å². The molecule has 0 aliphatic heterocycles. The molecule has 0 bridgehead atoms. The van der Waals surface area contributed by atoms with Gasteiger partial charge in [-0.05, 0) is 30.7 Å². The largest absolute Gasteiger partial charge is 0.497 e. The smallest absolute Gasteiger partial charge is 0.132 e. The topological polar surface area (TPSA) is 47.5 Å². The molecule has 0 saturated carbocycles. The Morgan fingerprint density at radius 1 is 1.10 bits per heavy atom. The molecule has 0 amide bonds. The van der Waals surface area contributed by atoms with Crippen LogP contribution >= 0.6 is 0 Å². The van der Waals surface area contributed by atoms with Crippen molar-refractivity contribution in [1.29, 1.82) is 0 Å². The monoisotopic (exact) mass is 273 g/mol. The van der Waals surface area contributed by atoms with Gasteiger partial charge in [-0.3, -0.25) is 0 Å². The highest BCUT2D eigenvalue weighted by Crippen LogP contribution is 2.24. The second-order valence-corrected chi connectivity index (χ2v) is 4.54. The molecule has 0 spiro atoms. The highest BCUT2D eigenvalue weighted by Gasteiger charge is 2.07. The summed E-state index contributed by atoms with van der Waals surface area (Å²) in [6, 6.07) is 7.74. The molecule has 0 atom stereocenters. The van der Waals surface area contributed by atoms with Crippen molar-refractivity contribution in [1.82, 2.24) is 9.97 Å². The van der Waals surface area contributed by atoms with Crippen LogP contribution in [0.1, 0.15) is 11.4 Å². The molecule has 0 aliphatic carbocycles. The summed E-state index contributed by atoms with van der Waals surface area (Å²) in [6.07, 6.45) is 1.76. The maximum Gasteiger partial charge on any atom is 0.132 e. The standard InChI is InChI=1S/C15H19N3O2/c1-11-16-6-5-15(17-11)18(2)10-12-7-13(19-3)9-14(8-12)20-4/h5-9H,10H2,1-4H3. The number of aromatic nitrogens is 2. The highest BCUT2D eigenvalue weighted by molar-refractivity contribution is 5.42. The van der Waals surface area contributed by atoms with E-state index in [0.29, 0.717) is 6.54 Å². The molecule has 0 unspecified atom stereocenters. The van der Waals surface area contributed by atoms with Crippen molar-refractivity contribution < 1.29 is 9.47 Å². The van der Waals surface area contributed by atoms with Crippen LogP contribution in [0, 0.1) is 6.92 Å². The van der Waals surface area contributed by atoms with Gasteiger partial charge in [0.2, 0.25) is 0 Å². The van der Waals surface area contributed by atoms with Gasteiger partial charge in [-0.15, -0.1) is 0 Å². The zero-order chi connectivity index (χ0) is 14.5. The number of rotatable bonds is 5. The molecule has 0 N–H and O–H groups in total. The molecule has 0 saturated heterocycles. The molecule has 0 fully saturated rings. The Morgan fingerprint density at radius 3 is 2.30 bits per heavy atom. The van der Waals surface area contributed by atoms with E-state index in [1.165, 1.54) is 0 Å². The molecular weight excluding hydrogens is 254 g/mol. The Labute approximate surface area is 119 Å². The third-order valence-electron chi connectivity index (χ3n) is 2.98. The molecule has 1 heterocycles. The maximum atomic E-state index is 5.28. The molecule has 2 aromatic rings. The van der Waals surface area contributed by atoms with Crippen molar-refractivity contribution in [2.45, 2.75) is 13.5 Å². The zero-order valence-electron chi connectivity index (χ0n) is 12.3. The van der Waals surface area contributed by atoms with Gasteiger partial charge in [0.1, 0.15) is 23.1 Å². The number of hydrogen-bond acceptors (Lipinski definition) is 5. The fourth-order valence-corrected chi connectivity index (χ4v) is 1.97. The average molecular weight is 273 g/mol. The first-order valence-corrected chi connectivity index (χ1v) is 6.35. The van der Waals surface area contributed by atoms with E-state index in [1.54, 1.807) is 20.4 Å². The quantitative estimate of drug-likeness (QED) is 0.837. The van der Waals surface area contributed by atoms with Crippen LogP contribution in [-0.4, -0.2) is 31.2 Å². The summed E-state index contributed by atoms with van der Waals surface area (Å²) in [7, 11) is 5.29. The van der Waals surface area contributed by atoms with Crippen molar-refractivity contribution in [3.8, 4) is 11.5 Å². The lowest BCUT2D eigenvalue weighted by Crippen LogP contribution is -2.18. The minimum atomic E-state index is 0.712. The second-order valence-electron chi connectivity index (χ2n) is 4.54. The van der Waals surface area contributed by atoms with Crippen molar-refractivity contribution >= 4 is 5.82 Å². The average Bonchev–Trinajstić information content (AvgIpc) is 2.46. The fourth-order valence-electron chi connectivity index (χ4n) is 1.97. The molecule has 0 aliphatic rings. The van der Waals surface area contributed by atoms with Gasteiger partial charge in [0.25, 0.3) is 0 Å². The number of ether oxygens (including phenoxy) is 2. The Balaban J connectivity index is 2.20. The number of hydrogen-bond donors (Lipinski definition) is 0. The van der Waals surface area contributed by atoms with Crippen LogP contribution in [0.15, 0.2) is 30.5 Å². The Hall–Kier alpha value is -2.30. The van der Waals surface area contributed by atoms with Crippen LogP contribution in [0.3, 0.4) is 0 Å². The van der Waals surface area contributed by atoms with Gasteiger partial charge < -0.3 is 14.4 Å². The van der Waals surface area contributed by atoms with E-state index in [9.17, 15) is 0 Å². The molecule has 20 heavy (non-hydrogen) atoms. The van der Waals surface area contributed by atoms with Gasteiger partial charge in [0.15, 0.2) is 0 Å². The minimum Gasteiger partial charge on any atom is -0.497 e. The van der Waals surface area contributed by atoms with Crippen LogP contribution < -0.4 is 14.4 Å². The van der Waals surface area contributed by atoms with Crippen molar-refractivity contribution in [3.63, 3.8) is 0 Å². The molecule has 1 aromatic carbocycles. The third-order valence-corrected chi connectivity index (χ3v) is 2.98. The van der Waals surface area contributed by atoms with Crippen LogP contribution in [-0.2, 0) is 6.54 Å². The van der Waals surface area contributed by atoms with Gasteiger partial charge in [-0.2, -0.15) is 0 Å². The third kappa shape index (κ3) is 3.38.